The predicted molar refractivity (Wildman–Crippen MR) is 88.4 cm³/mol. The Hall–Kier alpha value is -2.92. The average Bonchev–Trinajstić information content (AvgIpc) is 2.64. The first-order valence-corrected chi connectivity index (χ1v) is 8.01. The van der Waals surface area contributed by atoms with Crippen molar-refractivity contribution in [3.05, 3.63) is 51.3 Å². The summed E-state index contributed by atoms with van der Waals surface area (Å²) in [5, 5.41) is 9.01. The smallest absolute Gasteiger partial charge is 0.266 e. The van der Waals surface area contributed by atoms with Gasteiger partial charge in [-0.25, -0.2) is 9.97 Å². The zero-order chi connectivity index (χ0) is 17.8. The summed E-state index contributed by atoms with van der Waals surface area (Å²) in [6.45, 7) is 0.915. The van der Waals surface area contributed by atoms with E-state index >= 15 is 0 Å². The van der Waals surface area contributed by atoms with Gasteiger partial charge >= 0.3 is 0 Å². The average molecular weight is 360 g/mol. The molecule has 0 saturated carbocycles. The molecule has 0 unspecified atom stereocenters. The van der Waals surface area contributed by atoms with Crippen LogP contribution < -0.4 is 10.3 Å². The molecule has 2 aromatic rings. The van der Waals surface area contributed by atoms with E-state index in [2.05, 4.69) is 15.0 Å². The Kier molecular flexibility index (Phi) is 4.95. The molecule has 8 nitrogen and oxygen atoms in total. The molecule has 128 valence electrons. The highest BCUT2D eigenvalue weighted by molar-refractivity contribution is 6.30. The van der Waals surface area contributed by atoms with Crippen molar-refractivity contribution < 1.29 is 9.53 Å². The molecule has 2 aromatic heterocycles. The van der Waals surface area contributed by atoms with E-state index in [1.807, 2.05) is 6.07 Å². The van der Waals surface area contributed by atoms with E-state index in [1.54, 1.807) is 4.90 Å². The molecule has 1 aliphatic rings. The number of carbonyl (C=O) groups excluding carboxylic acids is 1. The highest BCUT2D eigenvalue weighted by atomic mass is 35.5. The molecule has 0 aromatic carbocycles. The number of nitriles is 1. The number of hydrogen-bond donors (Lipinski definition) is 1. The fraction of sp³-hybridized carbons (Fsp3) is 0.312. The van der Waals surface area contributed by atoms with Crippen LogP contribution >= 0.6 is 11.6 Å². The van der Waals surface area contributed by atoms with Gasteiger partial charge in [0.2, 0.25) is 5.69 Å². The lowest BCUT2D eigenvalue weighted by Gasteiger charge is -2.32. The van der Waals surface area contributed by atoms with E-state index in [9.17, 15) is 9.59 Å². The van der Waals surface area contributed by atoms with E-state index in [0.717, 1.165) is 12.8 Å². The van der Waals surface area contributed by atoms with E-state index in [-0.39, 0.29) is 28.6 Å². The summed E-state index contributed by atoms with van der Waals surface area (Å²) >= 11 is 5.78. The fourth-order valence-corrected chi connectivity index (χ4v) is 2.80. The quantitative estimate of drug-likeness (QED) is 0.885. The number of aromatic amines is 1. The number of piperidine rings is 1. The predicted octanol–water partition coefficient (Wildman–Crippen LogP) is 1.37. The highest BCUT2D eigenvalue weighted by Crippen LogP contribution is 2.20. The molecule has 25 heavy (non-hydrogen) atoms. The molecule has 1 N–H and O–H groups in total. The van der Waals surface area contributed by atoms with Crippen LogP contribution in [-0.4, -0.2) is 45.0 Å². The molecule has 0 aliphatic carbocycles. The van der Waals surface area contributed by atoms with Gasteiger partial charge in [0.1, 0.15) is 17.2 Å². The summed E-state index contributed by atoms with van der Waals surface area (Å²) in [5.74, 6) is -0.0810. The summed E-state index contributed by atoms with van der Waals surface area (Å²) in [7, 11) is 0. The van der Waals surface area contributed by atoms with Crippen LogP contribution in [0, 0.1) is 11.3 Å². The Bertz CT molecular complexity index is 892. The molecule has 1 fully saturated rings. The third kappa shape index (κ3) is 3.78. The minimum Gasteiger partial charge on any atom is -0.470 e. The first-order valence-electron chi connectivity index (χ1n) is 7.63. The van der Waals surface area contributed by atoms with Crippen molar-refractivity contribution in [1.29, 1.82) is 5.26 Å². The number of rotatable bonds is 3. The standard InChI is InChI=1S/C16H14ClN5O3/c17-12-6-10(8-21-14(12)23)16(24)22-5-1-2-11(9-22)25-15-13(7-18)19-3-4-20-15/h3-4,6,8,11H,1-2,5,9H2,(H,21,23)/t11-/m1/s1. The minimum absolute atomic E-state index is 0.0334. The lowest BCUT2D eigenvalue weighted by molar-refractivity contribution is 0.0525. The second-order valence-corrected chi connectivity index (χ2v) is 5.93. The van der Waals surface area contributed by atoms with Crippen LogP contribution in [0.2, 0.25) is 5.02 Å². The first-order chi connectivity index (χ1) is 12.1. The number of likely N-dealkylation sites (tertiary alicyclic amines) is 1. The van der Waals surface area contributed by atoms with Gasteiger partial charge in [-0.3, -0.25) is 9.59 Å². The molecule has 0 radical (unpaired) electrons. The van der Waals surface area contributed by atoms with Crippen molar-refractivity contribution >= 4 is 17.5 Å². The molecular weight excluding hydrogens is 346 g/mol. The molecule has 9 heteroatoms. The molecule has 3 rings (SSSR count). The number of amides is 1. The van der Waals surface area contributed by atoms with Crippen LogP contribution in [0.25, 0.3) is 0 Å². The Labute approximate surface area is 148 Å². The number of hydrogen-bond acceptors (Lipinski definition) is 6. The monoisotopic (exact) mass is 359 g/mol. The summed E-state index contributed by atoms with van der Waals surface area (Å²) in [5.41, 5.74) is -0.0226. The van der Waals surface area contributed by atoms with Gasteiger partial charge in [0, 0.05) is 25.1 Å². The third-order valence-corrected chi connectivity index (χ3v) is 4.10. The van der Waals surface area contributed by atoms with Crippen LogP contribution in [0.5, 0.6) is 5.88 Å². The number of pyridine rings is 1. The maximum absolute atomic E-state index is 12.6. The van der Waals surface area contributed by atoms with Gasteiger partial charge in [-0.15, -0.1) is 0 Å². The van der Waals surface area contributed by atoms with Gasteiger partial charge in [-0.05, 0) is 18.9 Å². The van der Waals surface area contributed by atoms with Crippen molar-refractivity contribution in [2.24, 2.45) is 0 Å². The van der Waals surface area contributed by atoms with Crippen molar-refractivity contribution in [3.63, 3.8) is 0 Å². The van der Waals surface area contributed by atoms with Crippen LogP contribution in [-0.2, 0) is 0 Å². The molecule has 1 amide bonds. The molecule has 0 spiro atoms. The molecule has 0 bridgehead atoms. The van der Waals surface area contributed by atoms with E-state index in [0.29, 0.717) is 18.7 Å². The van der Waals surface area contributed by atoms with Gasteiger partial charge in [0.15, 0.2) is 0 Å². The number of H-pyrrole nitrogens is 1. The van der Waals surface area contributed by atoms with Gasteiger partial charge < -0.3 is 14.6 Å². The van der Waals surface area contributed by atoms with Crippen molar-refractivity contribution in [2.75, 3.05) is 13.1 Å². The Balaban J connectivity index is 1.72. The molecule has 1 saturated heterocycles. The molecule has 1 atom stereocenters. The van der Waals surface area contributed by atoms with Crippen LogP contribution in [0.15, 0.2) is 29.5 Å². The number of aromatic nitrogens is 3. The Morgan fingerprint density at radius 3 is 3.00 bits per heavy atom. The third-order valence-electron chi connectivity index (χ3n) is 3.82. The summed E-state index contributed by atoms with van der Waals surface area (Å²) < 4.78 is 5.76. The summed E-state index contributed by atoms with van der Waals surface area (Å²) in [6.07, 6.45) is 5.40. The number of nitrogens with one attached hydrogen (secondary N) is 1. The lowest BCUT2D eigenvalue weighted by Crippen LogP contribution is -2.44. The maximum Gasteiger partial charge on any atom is 0.266 e. The zero-order valence-electron chi connectivity index (χ0n) is 13.1. The zero-order valence-corrected chi connectivity index (χ0v) is 13.9. The fourth-order valence-electron chi connectivity index (χ4n) is 2.63. The second-order valence-electron chi connectivity index (χ2n) is 5.52. The second kappa shape index (κ2) is 7.32. The Morgan fingerprint density at radius 1 is 1.44 bits per heavy atom. The number of nitrogens with zero attached hydrogens (tertiary/aromatic N) is 4. The van der Waals surface area contributed by atoms with Gasteiger partial charge in [0.25, 0.3) is 17.3 Å². The minimum atomic E-state index is -0.440. The van der Waals surface area contributed by atoms with Gasteiger partial charge in [-0.2, -0.15) is 5.26 Å². The topological polar surface area (TPSA) is 112 Å². The number of halogens is 1. The van der Waals surface area contributed by atoms with Crippen molar-refractivity contribution in [1.82, 2.24) is 19.9 Å². The maximum atomic E-state index is 12.6. The van der Waals surface area contributed by atoms with E-state index in [4.69, 9.17) is 21.6 Å². The summed E-state index contributed by atoms with van der Waals surface area (Å²) in [6, 6.07) is 3.28. The normalized spacial score (nSPS) is 17.0. The molecule has 1 aliphatic heterocycles. The Morgan fingerprint density at radius 2 is 2.24 bits per heavy atom. The van der Waals surface area contributed by atoms with Gasteiger partial charge in [0.05, 0.1) is 12.1 Å². The van der Waals surface area contributed by atoms with Crippen molar-refractivity contribution in [3.8, 4) is 11.9 Å². The molecular formula is C16H14ClN5O3. The first kappa shape index (κ1) is 16.9. The highest BCUT2D eigenvalue weighted by Gasteiger charge is 2.27. The van der Waals surface area contributed by atoms with E-state index < -0.39 is 5.56 Å². The largest absolute Gasteiger partial charge is 0.470 e. The van der Waals surface area contributed by atoms with Crippen molar-refractivity contribution in [2.45, 2.75) is 18.9 Å². The summed E-state index contributed by atoms with van der Waals surface area (Å²) in [4.78, 5) is 35.9. The number of ether oxygens (including phenoxy) is 1. The SMILES string of the molecule is N#Cc1nccnc1O[C@@H]1CCCN(C(=O)c2c[nH]c(=O)c(Cl)c2)C1. The number of carbonyl (C=O) groups is 1. The lowest BCUT2D eigenvalue weighted by atomic mass is 10.1. The van der Waals surface area contributed by atoms with Crippen LogP contribution in [0.4, 0.5) is 0 Å². The van der Waals surface area contributed by atoms with E-state index in [1.165, 1.54) is 24.7 Å². The van der Waals surface area contributed by atoms with Crippen LogP contribution in [0.1, 0.15) is 28.9 Å². The van der Waals surface area contributed by atoms with Crippen LogP contribution in [0.3, 0.4) is 0 Å². The van der Waals surface area contributed by atoms with Gasteiger partial charge in [-0.1, -0.05) is 11.6 Å². The molecule has 3 heterocycles.